The van der Waals surface area contributed by atoms with Crippen molar-refractivity contribution >= 4 is 23.2 Å². The highest BCUT2D eigenvalue weighted by Crippen LogP contribution is 2.26. The highest BCUT2D eigenvalue weighted by atomic mass is 16.2. The lowest BCUT2D eigenvalue weighted by Crippen LogP contribution is -2.60. The summed E-state index contributed by atoms with van der Waals surface area (Å²) in [6.07, 6.45) is 0. The van der Waals surface area contributed by atoms with Gasteiger partial charge < -0.3 is 20.9 Å². The fourth-order valence-electron chi connectivity index (χ4n) is 2.65. The number of amides is 2. The number of hydrogen-bond donors (Lipinski definition) is 3. The zero-order valence-corrected chi connectivity index (χ0v) is 11.3. The maximum absolute atomic E-state index is 12.6. The molecule has 1 saturated heterocycles. The van der Waals surface area contributed by atoms with Gasteiger partial charge in [-0.2, -0.15) is 0 Å². The summed E-state index contributed by atoms with van der Waals surface area (Å²) in [5, 5.41) is 9.26. The molecular weight excluding hydrogens is 256 g/mol. The van der Waals surface area contributed by atoms with E-state index in [1.54, 1.807) is 11.8 Å². The van der Waals surface area contributed by atoms with Gasteiger partial charge in [0.15, 0.2) is 0 Å². The Kier molecular flexibility index (Phi) is 3.22. The van der Waals surface area contributed by atoms with Crippen LogP contribution in [0.4, 0.5) is 11.4 Å². The minimum Gasteiger partial charge on any atom is -0.381 e. The van der Waals surface area contributed by atoms with Crippen LogP contribution in [0.1, 0.15) is 6.92 Å². The number of nitrogens with zero attached hydrogens (tertiary/aromatic N) is 1. The lowest BCUT2D eigenvalue weighted by Gasteiger charge is -2.37. The summed E-state index contributed by atoms with van der Waals surface area (Å²) in [7, 11) is 0. The van der Waals surface area contributed by atoms with Crippen molar-refractivity contribution in [3.8, 4) is 0 Å². The SMILES string of the molecule is CC1C(=O)NCCN1C(=O)C1CNc2ccccc2N1. The number of para-hydroxylation sites is 2. The van der Waals surface area contributed by atoms with Crippen molar-refractivity contribution in [1.29, 1.82) is 0 Å². The predicted octanol–water partition coefficient (Wildman–Crippen LogP) is 0.240. The van der Waals surface area contributed by atoms with E-state index in [1.165, 1.54) is 0 Å². The Morgan fingerprint density at radius 2 is 2.00 bits per heavy atom. The van der Waals surface area contributed by atoms with Gasteiger partial charge >= 0.3 is 0 Å². The molecule has 0 spiro atoms. The van der Waals surface area contributed by atoms with Crippen molar-refractivity contribution in [3.05, 3.63) is 24.3 Å². The summed E-state index contributed by atoms with van der Waals surface area (Å²) in [5.74, 6) is -0.122. The van der Waals surface area contributed by atoms with Gasteiger partial charge in [0.1, 0.15) is 12.1 Å². The van der Waals surface area contributed by atoms with Crippen molar-refractivity contribution in [2.45, 2.75) is 19.0 Å². The molecule has 1 aromatic carbocycles. The lowest BCUT2D eigenvalue weighted by atomic mass is 10.1. The molecule has 6 nitrogen and oxygen atoms in total. The van der Waals surface area contributed by atoms with Crippen LogP contribution in [0.5, 0.6) is 0 Å². The van der Waals surface area contributed by atoms with Gasteiger partial charge in [-0.3, -0.25) is 9.59 Å². The van der Waals surface area contributed by atoms with E-state index in [2.05, 4.69) is 16.0 Å². The van der Waals surface area contributed by atoms with Crippen LogP contribution in [-0.2, 0) is 9.59 Å². The Labute approximate surface area is 117 Å². The van der Waals surface area contributed by atoms with Crippen LogP contribution >= 0.6 is 0 Å². The third-order valence-electron chi connectivity index (χ3n) is 3.83. The first kappa shape index (κ1) is 12.8. The quantitative estimate of drug-likeness (QED) is 0.686. The zero-order chi connectivity index (χ0) is 14.1. The summed E-state index contributed by atoms with van der Waals surface area (Å²) >= 11 is 0. The maximum Gasteiger partial charge on any atom is 0.247 e. The van der Waals surface area contributed by atoms with Gasteiger partial charge in [0.2, 0.25) is 11.8 Å². The molecule has 0 radical (unpaired) electrons. The number of carbonyl (C=O) groups is 2. The molecule has 106 valence electrons. The van der Waals surface area contributed by atoms with Crippen molar-refractivity contribution in [2.24, 2.45) is 0 Å². The van der Waals surface area contributed by atoms with Gasteiger partial charge in [-0.15, -0.1) is 0 Å². The van der Waals surface area contributed by atoms with Crippen LogP contribution in [0.15, 0.2) is 24.3 Å². The average Bonchev–Trinajstić information content (AvgIpc) is 2.49. The topological polar surface area (TPSA) is 73.5 Å². The average molecular weight is 274 g/mol. The molecular formula is C14H18N4O2. The van der Waals surface area contributed by atoms with E-state index in [-0.39, 0.29) is 17.9 Å². The van der Waals surface area contributed by atoms with Gasteiger partial charge in [-0.25, -0.2) is 0 Å². The minimum atomic E-state index is -0.407. The molecule has 1 aromatic rings. The Bertz CT molecular complexity index is 546. The summed E-state index contributed by atoms with van der Waals surface area (Å²) in [6, 6.07) is 7.05. The van der Waals surface area contributed by atoms with Crippen molar-refractivity contribution in [1.82, 2.24) is 10.2 Å². The maximum atomic E-state index is 12.6. The highest BCUT2D eigenvalue weighted by Gasteiger charge is 2.34. The highest BCUT2D eigenvalue weighted by molar-refractivity contribution is 5.93. The van der Waals surface area contributed by atoms with Gasteiger partial charge in [0.05, 0.1) is 11.4 Å². The molecule has 1 fully saturated rings. The summed E-state index contributed by atoms with van der Waals surface area (Å²) < 4.78 is 0. The second-order valence-electron chi connectivity index (χ2n) is 5.12. The van der Waals surface area contributed by atoms with E-state index < -0.39 is 6.04 Å². The lowest BCUT2D eigenvalue weighted by molar-refractivity contribution is -0.142. The minimum absolute atomic E-state index is 0.0330. The molecule has 2 aliphatic heterocycles. The van der Waals surface area contributed by atoms with Crippen LogP contribution < -0.4 is 16.0 Å². The zero-order valence-electron chi connectivity index (χ0n) is 11.3. The number of carbonyl (C=O) groups excluding carboxylic acids is 2. The van der Waals surface area contributed by atoms with E-state index in [0.29, 0.717) is 19.6 Å². The van der Waals surface area contributed by atoms with E-state index in [4.69, 9.17) is 0 Å². The predicted molar refractivity (Wildman–Crippen MR) is 76.5 cm³/mol. The number of anilines is 2. The van der Waals surface area contributed by atoms with E-state index in [1.807, 2.05) is 24.3 Å². The van der Waals surface area contributed by atoms with Crippen LogP contribution in [0.25, 0.3) is 0 Å². The molecule has 2 aliphatic rings. The van der Waals surface area contributed by atoms with Crippen LogP contribution in [0.2, 0.25) is 0 Å². The molecule has 20 heavy (non-hydrogen) atoms. The van der Waals surface area contributed by atoms with Crippen LogP contribution in [0, 0.1) is 0 Å². The first-order valence-electron chi connectivity index (χ1n) is 6.84. The van der Waals surface area contributed by atoms with Crippen molar-refractivity contribution in [3.63, 3.8) is 0 Å². The van der Waals surface area contributed by atoms with E-state index in [0.717, 1.165) is 11.4 Å². The Morgan fingerprint density at radius 1 is 1.25 bits per heavy atom. The van der Waals surface area contributed by atoms with Gasteiger partial charge in [0.25, 0.3) is 0 Å². The van der Waals surface area contributed by atoms with Gasteiger partial charge in [-0.1, -0.05) is 12.1 Å². The van der Waals surface area contributed by atoms with Crippen molar-refractivity contribution in [2.75, 3.05) is 30.3 Å². The molecule has 2 atom stereocenters. The molecule has 2 unspecified atom stereocenters. The molecule has 6 heteroatoms. The number of nitrogens with one attached hydrogen (secondary N) is 3. The Hall–Kier alpha value is -2.24. The summed E-state index contributed by atoms with van der Waals surface area (Å²) in [6.45, 7) is 3.37. The number of rotatable bonds is 1. The molecule has 0 saturated carbocycles. The fraction of sp³-hybridized carbons (Fsp3) is 0.429. The molecule has 2 amide bonds. The molecule has 3 N–H and O–H groups in total. The first-order valence-corrected chi connectivity index (χ1v) is 6.84. The molecule has 0 bridgehead atoms. The fourth-order valence-corrected chi connectivity index (χ4v) is 2.65. The molecule has 0 aromatic heterocycles. The van der Waals surface area contributed by atoms with Gasteiger partial charge in [-0.05, 0) is 19.1 Å². The molecule has 0 aliphatic carbocycles. The molecule has 2 heterocycles. The van der Waals surface area contributed by atoms with E-state index >= 15 is 0 Å². The monoisotopic (exact) mass is 274 g/mol. The smallest absolute Gasteiger partial charge is 0.247 e. The third-order valence-corrected chi connectivity index (χ3v) is 3.83. The Balaban J connectivity index is 1.74. The summed E-state index contributed by atoms with van der Waals surface area (Å²) in [5.41, 5.74) is 1.92. The van der Waals surface area contributed by atoms with Gasteiger partial charge in [0, 0.05) is 19.6 Å². The van der Waals surface area contributed by atoms with Crippen LogP contribution in [-0.4, -0.2) is 48.4 Å². The number of fused-ring (bicyclic) bond motifs is 1. The largest absolute Gasteiger partial charge is 0.381 e. The first-order chi connectivity index (χ1) is 9.66. The second kappa shape index (κ2) is 5.03. The number of hydrogen-bond acceptors (Lipinski definition) is 4. The van der Waals surface area contributed by atoms with Crippen LogP contribution in [0.3, 0.4) is 0 Å². The molecule has 3 rings (SSSR count). The van der Waals surface area contributed by atoms with Crippen molar-refractivity contribution < 1.29 is 9.59 Å². The third kappa shape index (κ3) is 2.17. The second-order valence-corrected chi connectivity index (χ2v) is 5.12. The van der Waals surface area contributed by atoms with E-state index in [9.17, 15) is 9.59 Å². The number of piperazine rings is 1. The standard InChI is InChI=1S/C14H18N4O2/c1-9-13(19)15-6-7-18(9)14(20)12-8-16-10-4-2-3-5-11(10)17-12/h2-5,9,12,16-17H,6-8H2,1H3,(H,15,19). The normalized spacial score (nSPS) is 25.1. The Morgan fingerprint density at radius 3 is 2.80 bits per heavy atom. The summed E-state index contributed by atoms with van der Waals surface area (Å²) in [4.78, 5) is 25.9. The number of benzene rings is 1.